The second-order valence-electron chi connectivity index (χ2n) is 3.92. The van der Waals surface area contributed by atoms with E-state index < -0.39 is 0 Å². The molecule has 92 valence electrons. The van der Waals surface area contributed by atoms with Crippen molar-refractivity contribution in [2.24, 2.45) is 5.73 Å². The van der Waals surface area contributed by atoms with Crippen LogP contribution in [0.15, 0.2) is 12.3 Å². The van der Waals surface area contributed by atoms with E-state index in [-0.39, 0.29) is 6.04 Å². The summed E-state index contributed by atoms with van der Waals surface area (Å²) in [6.45, 7) is 6.68. The Morgan fingerprint density at radius 3 is 3.00 bits per heavy atom. The molecule has 1 rings (SSSR count). The molecule has 0 aliphatic rings. The van der Waals surface area contributed by atoms with Gasteiger partial charge < -0.3 is 10.5 Å². The zero-order valence-corrected chi connectivity index (χ0v) is 10.4. The Hall–Kier alpha value is -0.870. The average molecular weight is 225 g/mol. The molecule has 4 heteroatoms. The summed E-state index contributed by atoms with van der Waals surface area (Å²) < 4.78 is 7.31. The Kier molecular flexibility index (Phi) is 6.11. The maximum atomic E-state index is 6.14. The van der Waals surface area contributed by atoms with Gasteiger partial charge >= 0.3 is 0 Å². The number of ether oxygens (including phenoxy) is 1. The van der Waals surface area contributed by atoms with Crippen molar-refractivity contribution in [2.75, 3.05) is 13.2 Å². The molecule has 0 amide bonds. The second-order valence-corrected chi connectivity index (χ2v) is 3.92. The molecule has 0 aliphatic carbocycles. The molecule has 1 heterocycles. The minimum atomic E-state index is 0.0782. The lowest BCUT2D eigenvalue weighted by molar-refractivity contribution is 0.141. The molecule has 0 aliphatic heterocycles. The molecule has 0 aromatic carbocycles. The Bertz CT molecular complexity index is 286. The van der Waals surface area contributed by atoms with Crippen LogP contribution in [0.5, 0.6) is 0 Å². The lowest BCUT2D eigenvalue weighted by Gasteiger charge is -2.13. The van der Waals surface area contributed by atoms with Crippen LogP contribution in [0, 0.1) is 0 Å². The van der Waals surface area contributed by atoms with Crippen LogP contribution in [0.3, 0.4) is 0 Å². The SMILES string of the molecule is CCCn1nccc1C(N)CCCOCC. The van der Waals surface area contributed by atoms with Gasteiger partial charge in [0.05, 0.1) is 5.69 Å². The van der Waals surface area contributed by atoms with Crippen LogP contribution in [-0.4, -0.2) is 23.0 Å². The minimum Gasteiger partial charge on any atom is -0.382 e. The van der Waals surface area contributed by atoms with Gasteiger partial charge in [-0.25, -0.2) is 0 Å². The lowest BCUT2D eigenvalue weighted by Crippen LogP contribution is -2.17. The summed E-state index contributed by atoms with van der Waals surface area (Å²) in [5, 5.41) is 4.28. The third-order valence-corrected chi connectivity index (χ3v) is 2.57. The number of hydrogen-bond acceptors (Lipinski definition) is 3. The van der Waals surface area contributed by atoms with E-state index in [2.05, 4.69) is 12.0 Å². The van der Waals surface area contributed by atoms with E-state index >= 15 is 0 Å². The fraction of sp³-hybridized carbons (Fsp3) is 0.750. The summed E-state index contributed by atoms with van der Waals surface area (Å²) >= 11 is 0. The number of aromatic nitrogens is 2. The fourth-order valence-corrected chi connectivity index (χ4v) is 1.75. The van der Waals surface area contributed by atoms with Crippen molar-refractivity contribution < 1.29 is 4.74 Å². The summed E-state index contributed by atoms with van der Waals surface area (Å²) in [5.41, 5.74) is 7.27. The van der Waals surface area contributed by atoms with Crippen molar-refractivity contribution in [1.82, 2.24) is 9.78 Å². The van der Waals surface area contributed by atoms with Crippen molar-refractivity contribution in [3.05, 3.63) is 18.0 Å². The van der Waals surface area contributed by atoms with Crippen molar-refractivity contribution in [1.29, 1.82) is 0 Å². The van der Waals surface area contributed by atoms with Gasteiger partial charge in [-0.15, -0.1) is 0 Å². The highest BCUT2D eigenvalue weighted by atomic mass is 16.5. The van der Waals surface area contributed by atoms with Crippen LogP contribution in [-0.2, 0) is 11.3 Å². The zero-order chi connectivity index (χ0) is 11.8. The molecule has 1 aromatic heterocycles. The molecular weight excluding hydrogens is 202 g/mol. The van der Waals surface area contributed by atoms with E-state index in [0.717, 1.165) is 44.7 Å². The van der Waals surface area contributed by atoms with Gasteiger partial charge in [-0.05, 0) is 32.3 Å². The largest absolute Gasteiger partial charge is 0.382 e. The molecule has 16 heavy (non-hydrogen) atoms. The van der Waals surface area contributed by atoms with Crippen LogP contribution in [0.4, 0.5) is 0 Å². The Labute approximate surface area is 97.8 Å². The van der Waals surface area contributed by atoms with Crippen LogP contribution in [0.2, 0.25) is 0 Å². The fourth-order valence-electron chi connectivity index (χ4n) is 1.75. The highest BCUT2D eigenvalue weighted by Crippen LogP contribution is 2.15. The molecular formula is C12H23N3O. The Balaban J connectivity index is 2.39. The van der Waals surface area contributed by atoms with Crippen molar-refractivity contribution in [3.63, 3.8) is 0 Å². The Morgan fingerprint density at radius 2 is 2.31 bits per heavy atom. The molecule has 1 atom stereocenters. The highest BCUT2D eigenvalue weighted by Gasteiger charge is 2.10. The van der Waals surface area contributed by atoms with Crippen LogP contribution < -0.4 is 5.73 Å². The molecule has 4 nitrogen and oxygen atoms in total. The van der Waals surface area contributed by atoms with Gasteiger partial charge in [-0.3, -0.25) is 4.68 Å². The standard InChI is InChI=1S/C12H23N3O/c1-3-9-15-12(7-8-14-15)11(13)6-5-10-16-4-2/h7-8,11H,3-6,9-10,13H2,1-2H3. The molecule has 0 radical (unpaired) electrons. The molecule has 0 saturated heterocycles. The number of hydrogen-bond donors (Lipinski definition) is 1. The number of aryl methyl sites for hydroxylation is 1. The maximum absolute atomic E-state index is 6.14. The smallest absolute Gasteiger partial charge is 0.0551 e. The highest BCUT2D eigenvalue weighted by molar-refractivity contribution is 5.06. The van der Waals surface area contributed by atoms with Crippen molar-refractivity contribution in [2.45, 2.75) is 45.7 Å². The average Bonchev–Trinajstić information content (AvgIpc) is 2.73. The summed E-state index contributed by atoms with van der Waals surface area (Å²) in [5.74, 6) is 0. The van der Waals surface area contributed by atoms with Gasteiger partial charge in [0.15, 0.2) is 0 Å². The van der Waals surface area contributed by atoms with E-state index in [1.807, 2.05) is 23.9 Å². The van der Waals surface area contributed by atoms with E-state index in [4.69, 9.17) is 10.5 Å². The number of nitrogens with zero attached hydrogens (tertiary/aromatic N) is 2. The van der Waals surface area contributed by atoms with Gasteiger partial charge in [0.25, 0.3) is 0 Å². The number of nitrogens with two attached hydrogens (primary N) is 1. The van der Waals surface area contributed by atoms with Crippen LogP contribution in [0.1, 0.15) is 44.8 Å². The monoisotopic (exact) mass is 225 g/mol. The van der Waals surface area contributed by atoms with Gasteiger partial charge in [0.2, 0.25) is 0 Å². The molecule has 2 N–H and O–H groups in total. The molecule has 0 bridgehead atoms. The summed E-state index contributed by atoms with van der Waals surface area (Å²) in [4.78, 5) is 0. The molecule has 0 saturated carbocycles. The van der Waals surface area contributed by atoms with Crippen LogP contribution >= 0.6 is 0 Å². The first-order chi connectivity index (χ1) is 7.79. The lowest BCUT2D eigenvalue weighted by atomic mass is 10.1. The summed E-state index contributed by atoms with van der Waals surface area (Å²) in [6.07, 6.45) is 4.87. The van der Waals surface area contributed by atoms with Crippen molar-refractivity contribution >= 4 is 0 Å². The Morgan fingerprint density at radius 1 is 1.50 bits per heavy atom. The predicted molar refractivity (Wildman–Crippen MR) is 65.2 cm³/mol. The van der Waals surface area contributed by atoms with Crippen molar-refractivity contribution in [3.8, 4) is 0 Å². The second kappa shape index (κ2) is 7.41. The first-order valence-electron chi connectivity index (χ1n) is 6.14. The molecule has 1 aromatic rings. The predicted octanol–water partition coefficient (Wildman–Crippen LogP) is 2.11. The third-order valence-electron chi connectivity index (χ3n) is 2.57. The topological polar surface area (TPSA) is 53.1 Å². The van der Waals surface area contributed by atoms with Crippen LogP contribution in [0.25, 0.3) is 0 Å². The quantitative estimate of drug-likeness (QED) is 0.689. The minimum absolute atomic E-state index is 0.0782. The third kappa shape index (κ3) is 3.94. The molecule has 0 fully saturated rings. The van der Waals surface area contributed by atoms with Gasteiger partial charge in [0.1, 0.15) is 0 Å². The van der Waals surface area contributed by atoms with E-state index in [1.165, 1.54) is 0 Å². The number of rotatable bonds is 8. The van der Waals surface area contributed by atoms with E-state index in [9.17, 15) is 0 Å². The van der Waals surface area contributed by atoms with Gasteiger partial charge in [-0.1, -0.05) is 6.92 Å². The summed E-state index contributed by atoms with van der Waals surface area (Å²) in [7, 11) is 0. The summed E-state index contributed by atoms with van der Waals surface area (Å²) in [6, 6.07) is 2.09. The first-order valence-corrected chi connectivity index (χ1v) is 6.14. The maximum Gasteiger partial charge on any atom is 0.0551 e. The van der Waals surface area contributed by atoms with E-state index in [0.29, 0.717) is 0 Å². The van der Waals surface area contributed by atoms with Gasteiger partial charge in [0, 0.05) is 32.0 Å². The zero-order valence-electron chi connectivity index (χ0n) is 10.4. The molecule has 1 unspecified atom stereocenters. The van der Waals surface area contributed by atoms with E-state index in [1.54, 1.807) is 0 Å². The first kappa shape index (κ1) is 13.2. The molecule has 0 spiro atoms. The normalized spacial score (nSPS) is 12.9. The van der Waals surface area contributed by atoms with Gasteiger partial charge in [-0.2, -0.15) is 5.10 Å².